The number of carboxylic acid groups (broad SMARTS) is 1. The highest BCUT2D eigenvalue weighted by molar-refractivity contribution is 8.00. The SMILES string of the molecule is CC(Sc1ccc2[nH]c(=O)oc2c1)C(=O)O. The second kappa shape index (κ2) is 4.05. The van der Waals surface area contributed by atoms with E-state index in [0.717, 1.165) is 4.90 Å². The van der Waals surface area contributed by atoms with Gasteiger partial charge in [0.25, 0.3) is 0 Å². The van der Waals surface area contributed by atoms with Gasteiger partial charge in [0, 0.05) is 4.90 Å². The molecule has 0 amide bonds. The molecule has 2 rings (SSSR count). The van der Waals surface area contributed by atoms with Crippen molar-refractivity contribution in [2.45, 2.75) is 17.1 Å². The molecular weight excluding hydrogens is 230 g/mol. The molecule has 0 bridgehead atoms. The lowest BCUT2D eigenvalue weighted by atomic mass is 10.3. The summed E-state index contributed by atoms with van der Waals surface area (Å²) in [6, 6.07) is 5.09. The first-order chi connectivity index (χ1) is 7.56. The van der Waals surface area contributed by atoms with Gasteiger partial charge >= 0.3 is 11.7 Å². The summed E-state index contributed by atoms with van der Waals surface area (Å²) in [6.07, 6.45) is 0. The number of nitrogens with one attached hydrogen (secondary N) is 1. The lowest BCUT2D eigenvalue weighted by molar-refractivity contribution is -0.136. The Morgan fingerprint density at radius 3 is 3.00 bits per heavy atom. The molecule has 1 atom stereocenters. The Labute approximate surface area is 94.5 Å². The van der Waals surface area contributed by atoms with Crippen LogP contribution in [0.3, 0.4) is 0 Å². The third-order valence-corrected chi connectivity index (χ3v) is 3.13. The smallest absolute Gasteiger partial charge is 0.417 e. The van der Waals surface area contributed by atoms with Crippen molar-refractivity contribution < 1.29 is 14.3 Å². The van der Waals surface area contributed by atoms with Crippen LogP contribution in [-0.4, -0.2) is 21.3 Å². The molecule has 0 saturated carbocycles. The van der Waals surface area contributed by atoms with Gasteiger partial charge in [0.05, 0.1) is 5.52 Å². The fourth-order valence-corrected chi connectivity index (χ4v) is 2.08. The summed E-state index contributed by atoms with van der Waals surface area (Å²) in [5.41, 5.74) is 1.05. The Hall–Kier alpha value is -1.69. The average Bonchev–Trinajstić information content (AvgIpc) is 2.57. The summed E-state index contributed by atoms with van der Waals surface area (Å²) in [6.45, 7) is 1.60. The van der Waals surface area contributed by atoms with Gasteiger partial charge in [-0.3, -0.25) is 9.78 Å². The summed E-state index contributed by atoms with van der Waals surface area (Å²) < 4.78 is 4.88. The van der Waals surface area contributed by atoms with E-state index in [2.05, 4.69) is 4.98 Å². The van der Waals surface area contributed by atoms with Crippen molar-refractivity contribution in [3.05, 3.63) is 28.7 Å². The molecule has 0 saturated heterocycles. The van der Waals surface area contributed by atoms with Crippen LogP contribution in [0.15, 0.2) is 32.3 Å². The number of aromatic amines is 1. The zero-order valence-corrected chi connectivity index (χ0v) is 9.21. The molecule has 2 aromatic rings. The van der Waals surface area contributed by atoms with E-state index in [-0.39, 0.29) is 0 Å². The van der Waals surface area contributed by atoms with Crippen molar-refractivity contribution in [1.82, 2.24) is 4.98 Å². The number of carboxylic acids is 1. The molecule has 0 fully saturated rings. The molecule has 1 aromatic carbocycles. The molecule has 5 nitrogen and oxygen atoms in total. The van der Waals surface area contributed by atoms with Gasteiger partial charge in [-0.1, -0.05) is 0 Å². The maximum absolute atomic E-state index is 10.9. The molecule has 0 aliphatic carbocycles. The molecule has 16 heavy (non-hydrogen) atoms. The van der Waals surface area contributed by atoms with Crippen LogP contribution in [0.1, 0.15) is 6.92 Å². The standard InChI is InChI=1S/C10H9NO4S/c1-5(9(12)13)16-6-2-3-7-8(4-6)15-10(14)11-7/h2-5H,1H3,(H,11,14)(H,12,13). The molecule has 1 unspecified atom stereocenters. The fourth-order valence-electron chi connectivity index (χ4n) is 1.25. The summed E-state index contributed by atoms with van der Waals surface area (Å²) in [4.78, 5) is 24.8. The largest absolute Gasteiger partial charge is 0.480 e. The first-order valence-electron chi connectivity index (χ1n) is 4.58. The minimum absolute atomic E-state index is 0.438. The summed E-state index contributed by atoms with van der Waals surface area (Å²) in [5.74, 6) is -1.39. The number of oxazole rings is 1. The zero-order valence-electron chi connectivity index (χ0n) is 8.39. The van der Waals surface area contributed by atoms with Gasteiger partial charge in [0.15, 0.2) is 5.58 Å². The Bertz CT molecular complexity index is 586. The van der Waals surface area contributed by atoms with Gasteiger partial charge in [0.1, 0.15) is 5.25 Å². The van der Waals surface area contributed by atoms with E-state index in [1.54, 1.807) is 25.1 Å². The molecule has 0 aliphatic rings. The number of hydrogen-bond acceptors (Lipinski definition) is 4. The minimum atomic E-state index is -0.874. The summed E-state index contributed by atoms with van der Waals surface area (Å²) in [5, 5.41) is 8.22. The number of H-pyrrole nitrogens is 1. The van der Waals surface area contributed by atoms with E-state index in [0.29, 0.717) is 11.1 Å². The predicted molar refractivity (Wildman–Crippen MR) is 59.8 cm³/mol. The maximum Gasteiger partial charge on any atom is 0.417 e. The monoisotopic (exact) mass is 239 g/mol. The van der Waals surface area contributed by atoms with E-state index < -0.39 is 17.0 Å². The summed E-state index contributed by atoms with van der Waals surface area (Å²) >= 11 is 1.20. The number of hydrogen-bond donors (Lipinski definition) is 2. The highest BCUT2D eigenvalue weighted by Gasteiger charge is 2.13. The number of benzene rings is 1. The van der Waals surface area contributed by atoms with Gasteiger partial charge in [-0.05, 0) is 25.1 Å². The fraction of sp³-hybridized carbons (Fsp3) is 0.200. The van der Waals surface area contributed by atoms with Crippen LogP contribution in [0.5, 0.6) is 0 Å². The van der Waals surface area contributed by atoms with Gasteiger partial charge in [-0.2, -0.15) is 0 Å². The van der Waals surface area contributed by atoms with Gasteiger partial charge in [-0.15, -0.1) is 11.8 Å². The molecule has 1 aromatic heterocycles. The molecule has 0 radical (unpaired) electrons. The minimum Gasteiger partial charge on any atom is -0.480 e. The number of aliphatic carboxylic acids is 1. The van der Waals surface area contributed by atoms with Crippen LogP contribution in [0.25, 0.3) is 11.1 Å². The molecular formula is C10H9NO4S. The third-order valence-electron chi connectivity index (χ3n) is 2.05. The number of carbonyl (C=O) groups is 1. The topological polar surface area (TPSA) is 83.3 Å². The van der Waals surface area contributed by atoms with Crippen molar-refractivity contribution in [2.75, 3.05) is 0 Å². The molecule has 6 heteroatoms. The molecule has 84 valence electrons. The first kappa shape index (κ1) is 10.8. The number of rotatable bonds is 3. The van der Waals surface area contributed by atoms with Crippen molar-refractivity contribution >= 4 is 28.8 Å². The second-order valence-corrected chi connectivity index (χ2v) is 4.69. The van der Waals surface area contributed by atoms with Gasteiger partial charge < -0.3 is 9.52 Å². The van der Waals surface area contributed by atoms with Crippen LogP contribution in [0, 0.1) is 0 Å². The molecule has 2 N–H and O–H groups in total. The zero-order chi connectivity index (χ0) is 11.7. The van der Waals surface area contributed by atoms with Crippen LogP contribution in [0.4, 0.5) is 0 Å². The van der Waals surface area contributed by atoms with Crippen LogP contribution < -0.4 is 5.76 Å². The van der Waals surface area contributed by atoms with Crippen molar-refractivity contribution in [3.63, 3.8) is 0 Å². The van der Waals surface area contributed by atoms with Crippen LogP contribution in [-0.2, 0) is 4.79 Å². The van der Waals surface area contributed by atoms with Crippen molar-refractivity contribution in [1.29, 1.82) is 0 Å². The van der Waals surface area contributed by atoms with Crippen LogP contribution in [0.2, 0.25) is 0 Å². The average molecular weight is 239 g/mol. The highest BCUT2D eigenvalue weighted by atomic mass is 32.2. The lowest BCUT2D eigenvalue weighted by Gasteiger charge is -2.04. The third kappa shape index (κ3) is 2.11. The number of fused-ring (bicyclic) bond motifs is 1. The van der Waals surface area contributed by atoms with E-state index in [4.69, 9.17) is 9.52 Å². The molecule has 0 aliphatic heterocycles. The van der Waals surface area contributed by atoms with Crippen molar-refractivity contribution in [3.8, 4) is 0 Å². The number of aromatic nitrogens is 1. The highest BCUT2D eigenvalue weighted by Crippen LogP contribution is 2.25. The Morgan fingerprint density at radius 1 is 1.56 bits per heavy atom. The van der Waals surface area contributed by atoms with E-state index in [1.165, 1.54) is 11.8 Å². The quantitative estimate of drug-likeness (QED) is 0.796. The molecule has 0 spiro atoms. The molecule has 1 heterocycles. The van der Waals surface area contributed by atoms with Gasteiger partial charge in [0.2, 0.25) is 0 Å². The van der Waals surface area contributed by atoms with E-state index >= 15 is 0 Å². The normalized spacial score (nSPS) is 12.8. The maximum atomic E-state index is 10.9. The summed E-state index contributed by atoms with van der Waals surface area (Å²) in [7, 11) is 0. The van der Waals surface area contributed by atoms with Gasteiger partial charge in [-0.25, -0.2) is 4.79 Å². The first-order valence-corrected chi connectivity index (χ1v) is 5.46. The lowest BCUT2D eigenvalue weighted by Crippen LogP contribution is -2.10. The van der Waals surface area contributed by atoms with Crippen LogP contribution >= 0.6 is 11.8 Å². The second-order valence-electron chi connectivity index (χ2n) is 3.27. The van der Waals surface area contributed by atoms with Crippen molar-refractivity contribution in [2.24, 2.45) is 0 Å². The van der Waals surface area contributed by atoms with E-state index in [1.807, 2.05) is 0 Å². The number of thioether (sulfide) groups is 1. The predicted octanol–water partition coefficient (Wildman–Crippen LogP) is 1.69. The van der Waals surface area contributed by atoms with E-state index in [9.17, 15) is 9.59 Å². The Morgan fingerprint density at radius 2 is 2.31 bits per heavy atom. The Kier molecular flexibility index (Phi) is 2.74. The Balaban J connectivity index is 2.32.